The summed E-state index contributed by atoms with van der Waals surface area (Å²) in [5.41, 5.74) is 2.63. The maximum absolute atomic E-state index is 10.5. The molecule has 0 radical (unpaired) electrons. The Balaban J connectivity index is 2.22. The van der Waals surface area contributed by atoms with E-state index in [1.165, 1.54) is 49.7 Å². The Hall–Kier alpha value is -1.22. The van der Waals surface area contributed by atoms with E-state index in [-0.39, 0.29) is 12.6 Å². The van der Waals surface area contributed by atoms with Crippen LogP contribution in [0.3, 0.4) is 0 Å². The third kappa shape index (κ3) is 7.96. The number of benzene rings is 1. The third-order valence-corrected chi connectivity index (χ3v) is 4.01. The number of hydrogen-bond acceptors (Lipinski definition) is 2. The Morgan fingerprint density at radius 3 is 2.10 bits per heavy atom. The molecule has 0 fully saturated rings. The van der Waals surface area contributed by atoms with E-state index in [1.807, 2.05) is 5.18 Å². The van der Waals surface area contributed by atoms with Gasteiger partial charge in [-0.25, -0.2) is 0 Å². The fourth-order valence-corrected chi connectivity index (χ4v) is 2.51. The molecule has 0 amide bonds. The maximum atomic E-state index is 10.5. The maximum Gasteiger partial charge on any atom is 0.221 e. The van der Waals surface area contributed by atoms with Crippen molar-refractivity contribution in [3.05, 3.63) is 40.3 Å². The van der Waals surface area contributed by atoms with Crippen LogP contribution in [0.2, 0.25) is 0 Å². The first kappa shape index (κ1) is 17.8. The molecule has 0 saturated carbocycles. The van der Waals surface area contributed by atoms with Gasteiger partial charge in [0.05, 0.1) is 0 Å². The highest BCUT2D eigenvalue weighted by atomic mass is 16.3. The van der Waals surface area contributed by atoms with Gasteiger partial charge in [-0.15, -0.1) is 0 Å². The Bertz CT molecular complexity index is 375. The van der Waals surface area contributed by atoms with Crippen LogP contribution in [0.15, 0.2) is 24.3 Å². The monoisotopic (exact) mass is 292 g/mol. The van der Waals surface area contributed by atoms with Crippen LogP contribution in [0.1, 0.15) is 63.0 Å². The molecule has 0 aliphatic carbocycles. The third-order valence-electron chi connectivity index (χ3n) is 4.01. The van der Waals surface area contributed by atoms with Crippen molar-refractivity contribution in [1.29, 1.82) is 0 Å². The predicted molar refractivity (Wildman–Crippen MR) is 87.0 cm³/mol. The van der Waals surface area contributed by atoms with E-state index < -0.39 is 0 Å². The van der Waals surface area contributed by atoms with Crippen molar-refractivity contribution in [1.82, 2.24) is 0 Å². The first-order chi connectivity index (χ1) is 10.3. The lowest BCUT2D eigenvalue weighted by Crippen LogP contribution is -2.74. The van der Waals surface area contributed by atoms with Gasteiger partial charge in [0.25, 0.3) is 0 Å². The van der Waals surface area contributed by atoms with Gasteiger partial charge in [0, 0.05) is 11.3 Å². The van der Waals surface area contributed by atoms with E-state index >= 15 is 0 Å². The molecule has 0 bridgehead atoms. The average molecular weight is 292 g/mol. The van der Waals surface area contributed by atoms with Crippen molar-refractivity contribution in [3.63, 3.8) is 0 Å². The van der Waals surface area contributed by atoms with Gasteiger partial charge in [-0.2, -0.15) is 0 Å². The zero-order valence-electron chi connectivity index (χ0n) is 13.3. The minimum absolute atomic E-state index is 0.0976. The van der Waals surface area contributed by atoms with Gasteiger partial charge in [0.1, 0.15) is 6.61 Å². The molecule has 1 unspecified atom stereocenters. The fraction of sp³-hybridized carbons (Fsp3) is 0.667. The van der Waals surface area contributed by atoms with Crippen LogP contribution < -0.4 is 5.18 Å². The van der Waals surface area contributed by atoms with Crippen molar-refractivity contribution in [2.24, 2.45) is 0 Å². The number of unbranched alkanes of at least 4 members (excludes halogenated alkanes) is 5. The molecule has 118 valence electrons. The molecule has 0 heterocycles. The zero-order valence-corrected chi connectivity index (χ0v) is 13.3. The van der Waals surface area contributed by atoms with Gasteiger partial charge < -0.3 is 5.11 Å². The summed E-state index contributed by atoms with van der Waals surface area (Å²) in [6, 6.07) is 8.34. The molecule has 1 aromatic carbocycles. The molecule has 0 aliphatic rings. The largest absolute Gasteiger partial charge is 0.389 e. The van der Waals surface area contributed by atoms with E-state index in [4.69, 9.17) is 5.11 Å². The topological polar surface area (TPSA) is 51.3 Å². The van der Waals surface area contributed by atoms with Crippen molar-refractivity contribution in [2.45, 2.75) is 70.8 Å². The highest BCUT2D eigenvalue weighted by molar-refractivity contribution is 5.22. The summed E-state index contributed by atoms with van der Waals surface area (Å²) in [4.78, 5) is 10.5. The number of nitroso groups, excluding NO2 is 1. The molecule has 0 aromatic heterocycles. The minimum atomic E-state index is -0.340. The van der Waals surface area contributed by atoms with E-state index in [2.05, 4.69) is 31.2 Å². The molecule has 2 N–H and O–H groups in total. The summed E-state index contributed by atoms with van der Waals surface area (Å²) in [7, 11) is 0. The molecule has 3 nitrogen and oxygen atoms in total. The normalized spacial score (nSPS) is 12.3. The standard InChI is InChI=1S/C18H29NO2/c1-2-3-4-5-6-7-8-16-9-11-17(12-10-16)13-14-18(15-20)19-21/h9-12,18,20H,2-8,13-15H2,1H3/p+1. The molecule has 1 atom stereocenters. The van der Waals surface area contributed by atoms with Crippen LogP contribution >= 0.6 is 0 Å². The molecular formula is C18H30NO2+. The van der Waals surface area contributed by atoms with Gasteiger partial charge in [-0.1, -0.05) is 63.3 Å². The summed E-state index contributed by atoms with van der Waals surface area (Å²) in [6.07, 6.45) is 10.7. The molecule has 3 heteroatoms. The van der Waals surface area contributed by atoms with Gasteiger partial charge in [-0.3, -0.25) is 0 Å². The SMILES string of the molecule is CCCCCCCCc1ccc(CCC(CO)[NH+]=O)cc1. The van der Waals surface area contributed by atoms with Gasteiger partial charge >= 0.3 is 0 Å². The van der Waals surface area contributed by atoms with Gasteiger partial charge in [-0.05, 0) is 35.6 Å². The van der Waals surface area contributed by atoms with Crippen molar-refractivity contribution < 1.29 is 10.3 Å². The smallest absolute Gasteiger partial charge is 0.221 e. The molecule has 0 spiro atoms. The summed E-state index contributed by atoms with van der Waals surface area (Å²) < 4.78 is 0. The van der Waals surface area contributed by atoms with E-state index in [9.17, 15) is 4.91 Å². The number of aryl methyl sites for hydroxylation is 2. The first-order valence-corrected chi connectivity index (χ1v) is 8.36. The Morgan fingerprint density at radius 1 is 0.952 bits per heavy atom. The quantitative estimate of drug-likeness (QED) is 0.582. The van der Waals surface area contributed by atoms with Gasteiger partial charge in [0.15, 0.2) is 0 Å². The molecule has 0 saturated heterocycles. The molecule has 21 heavy (non-hydrogen) atoms. The minimum Gasteiger partial charge on any atom is -0.389 e. The number of rotatable bonds is 12. The first-order valence-electron chi connectivity index (χ1n) is 8.36. The van der Waals surface area contributed by atoms with Crippen LogP contribution in [0.4, 0.5) is 0 Å². The van der Waals surface area contributed by atoms with E-state index in [1.54, 1.807) is 0 Å². The van der Waals surface area contributed by atoms with Crippen molar-refractivity contribution >= 4 is 0 Å². The number of hydrogen-bond donors (Lipinski definition) is 2. The Morgan fingerprint density at radius 2 is 1.52 bits per heavy atom. The van der Waals surface area contributed by atoms with E-state index in [0.29, 0.717) is 6.42 Å². The molecular weight excluding hydrogens is 262 g/mol. The van der Waals surface area contributed by atoms with Crippen LogP contribution in [0.5, 0.6) is 0 Å². The van der Waals surface area contributed by atoms with Crippen molar-refractivity contribution in [2.75, 3.05) is 6.61 Å². The summed E-state index contributed by atoms with van der Waals surface area (Å²) in [5, 5.41) is 10.8. The van der Waals surface area contributed by atoms with Gasteiger partial charge in [0.2, 0.25) is 6.04 Å². The highest BCUT2D eigenvalue weighted by Gasteiger charge is 2.12. The summed E-state index contributed by atoms with van der Waals surface area (Å²) in [6.45, 7) is 2.15. The van der Waals surface area contributed by atoms with Crippen LogP contribution in [0.25, 0.3) is 0 Å². The Labute approximate surface area is 128 Å². The second-order valence-electron chi connectivity index (χ2n) is 5.87. The second-order valence-corrected chi connectivity index (χ2v) is 5.87. The lowest BCUT2D eigenvalue weighted by Gasteiger charge is -2.05. The number of nitrogens with one attached hydrogen (secondary N) is 1. The summed E-state index contributed by atoms with van der Waals surface area (Å²) in [5.74, 6) is 0. The fourth-order valence-electron chi connectivity index (χ4n) is 2.51. The molecule has 1 rings (SSSR count). The number of aliphatic hydroxyl groups is 1. The molecule has 0 aliphatic heterocycles. The van der Waals surface area contributed by atoms with Crippen molar-refractivity contribution in [3.8, 4) is 0 Å². The lowest BCUT2D eigenvalue weighted by molar-refractivity contribution is -0.529. The summed E-state index contributed by atoms with van der Waals surface area (Å²) >= 11 is 0. The zero-order chi connectivity index (χ0) is 15.3. The highest BCUT2D eigenvalue weighted by Crippen LogP contribution is 2.12. The van der Waals surface area contributed by atoms with Crippen LogP contribution in [-0.4, -0.2) is 17.8 Å². The predicted octanol–water partition coefficient (Wildman–Crippen LogP) is 2.73. The Kier molecular flexibility index (Phi) is 9.71. The molecule has 1 aromatic rings. The lowest BCUT2D eigenvalue weighted by atomic mass is 10.0. The van der Waals surface area contributed by atoms with Crippen LogP contribution in [-0.2, 0) is 12.8 Å². The number of aliphatic hydroxyl groups excluding tert-OH is 1. The van der Waals surface area contributed by atoms with E-state index in [0.717, 1.165) is 12.8 Å². The van der Waals surface area contributed by atoms with Crippen LogP contribution in [0, 0.1) is 4.91 Å². The second kappa shape index (κ2) is 11.4. The average Bonchev–Trinajstić information content (AvgIpc) is 2.53.